The zero-order chi connectivity index (χ0) is 13.7. The van der Waals surface area contributed by atoms with Crippen LogP contribution < -0.4 is 0 Å². The van der Waals surface area contributed by atoms with E-state index in [-0.39, 0.29) is 17.9 Å². The lowest BCUT2D eigenvalue weighted by Gasteiger charge is -2.34. The van der Waals surface area contributed by atoms with E-state index in [1.807, 2.05) is 16.7 Å². The first-order valence-corrected chi connectivity index (χ1v) is 7.41. The summed E-state index contributed by atoms with van der Waals surface area (Å²) >= 11 is 0. The quantitative estimate of drug-likeness (QED) is 0.715. The van der Waals surface area contributed by atoms with Crippen LogP contribution in [-0.2, 0) is 14.3 Å². The Balaban J connectivity index is 1.91. The first kappa shape index (κ1) is 14.3. The van der Waals surface area contributed by atoms with Gasteiger partial charge in [-0.25, -0.2) is 0 Å². The predicted molar refractivity (Wildman–Crippen MR) is 71.7 cm³/mol. The molecule has 0 aromatic heterocycles. The lowest BCUT2D eigenvalue weighted by Crippen LogP contribution is -2.50. The molecule has 19 heavy (non-hydrogen) atoms. The van der Waals surface area contributed by atoms with Gasteiger partial charge in [-0.15, -0.1) is 0 Å². The van der Waals surface area contributed by atoms with Crippen LogP contribution >= 0.6 is 0 Å². The molecule has 1 atom stereocenters. The maximum absolute atomic E-state index is 12.2. The highest BCUT2D eigenvalue weighted by atomic mass is 16.5. The Bertz CT molecular complexity index is 327. The number of amides is 1. The average molecular weight is 268 g/mol. The van der Waals surface area contributed by atoms with Gasteiger partial charge < -0.3 is 9.64 Å². The minimum absolute atomic E-state index is 0.161. The highest BCUT2D eigenvalue weighted by Gasteiger charge is 2.32. The number of likely N-dealkylation sites (tertiary alicyclic amines) is 2. The molecule has 2 saturated heterocycles. The van der Waals surface area contributed by atoms with E-state index < -0.39 is 0 Å². The Kier molecular flexibility index (Phi) is 5.19. The second-order valence-electron chi connectivity index (χ2n) is 5.32. The second-order valence-corrected chi connectivity index (χ2v) is 5.32. The number of carbonyl (C=O) groups excluding carboxylic acids is 2. The lowest BCUT2D eigenvalue weighted by molar-refractivity contribution is -0.151. The molecule has 0 saturated carbocycles. The number of hydrogen-bond acceptors (Lipinski definition) is 4. The standard InChI is InChI=1S/C14H24N2O3/c1-2-19-14(18)12-7-3-4-10-16(12)11-13(17)15-8-5-6-9-15/h12H,2-11H2,1H3. The molecule has 5 nitrogen and oxygen atoms in total. The largest absolute Gasteiger partial charge is 0.465 e. The molecule has 5 heteroatoms. The topological polar surface area (TPSA) is 49.9 Å². The van der Waals surface area contributed by atoms with Crippen molar-refractivity contribution in [3.05, 3.63) is 0 Å². The van der Waals surface area contributed by atoms with Crippen molar-refractivity contribution in [2.75, 3.05) is 32.8 Å². The van der Waals surface area contributed by atoms with Gasteiger partial charge in [0.25, 0.3) is 0 Å². The molecule has 0 aliphatic carbocycles. The van der Waals surface area contributed by atoms with Crippen LogP contribution in [0.25, 0.3) is 0 Å². The normalized spacial score (nSPS) is 24.5. The molecule has 2 fully saturated rings. The zero-order valence-corrected chi connectivity index (χ0v) is 11.8. The van der Waals surface area contributed by atoms with Crippen molar-refractivity contribution >= 4 is 11.9 Å². The smallest absolute Gasteiger partial charge is 0.323 e. The molecule has 2 heterocycles. The summed E-state index contributed by atoms with van der Waals surface area (Å²) < 4.78 is 5.11. The number of nitrogens with zero attached hydrogens (tertiary/aromatic N) is 2. The average Bonchev–Trinajstić information content (AvgIpc) is 2.93. The van der Waals surface area contributed by atoms with E-state index in [0.29, 0.717) is 13.2 Å². The fraction of sp³-hybridized carbons (Fsp3) is 0.857. The van der Waals surface area contributed by atoms with Crippen LogP contribution in [0.2, 0.25) is 0 Å². The first-order valence-electron chi connectivity index (χ1n) is 7.41. The third-order valence-electron chi connectivity index (χ3n) is 3.97. The minimum Gasteiger partial charge on any atom is -0.465 e. The van der Waals surface area contributed by atoms with Gasteiger partial charge in [0.1, 0.15) is 6.04 Å². The number of piperidine rings is 1. The number of hydrogen-bond donors (Lipinski definition) is 0. The van der Waals surface area contributed by atoms with Gasteiger partial charge in [-0.2, -0.15) is 0 Å². The third-order valence-corrected chi connectivity index (χ3v) is 3.97. The molecule has 2 aliphatic heterocycles. The number of esters is 1. The Morgan fingerprint density at radius 2 is 1.79 bits per heavy atom. The fourth-order valence-corrected chi connectivity index (χ4v) is 2.93. The summed E-state index contributed by atoms with van der Waals surface area (Å²) in [6.07, 6.45) is 5.12. The number of carbonyl (C=O) groups is 2. The van der Waals surface area contributed by atoms with Crippen molar-refractivity contribution in [2.45, 2.75) is 45.1 Å². The van der Waals surface area contributed by atoms with Crippen molar-refractivity contribution in [3.8, 4) is 0 Å². The van der Waals surface area contributed by atoms with E-state index in [1.165, 1.54) is 0 Å². The predicted octanol–water partition coefficient (Wildman–Crippen LogP) is 1.03. The van der Waals surface area contributed by atoms with Gasteiger partial charge >= 0.3 is 5.97 Å². The van der Waals surface area contributed by atoms with E-state index in [0.717, 1.165) is 51.7 Å². The van der Waals surface area contributed by atoms with Crippen molar-refractivity contribution in [3.63, 3.8) is 0 Å². The molecule has 2 rings (SSSR count). The summed E-state index contributed by atoms with van der Waals surface area (Å²) in [4.78, 5) is 28.0. The van der Waals surface area contributed by atoms with Crippen LogP contribution in [0.5, 0.6) is 0 Å². The fourth-order valence-electron chi connectivity index (χ4n) is 2.93. The Hall–Kier alpha value is -1.10. The molecule has 108 valence electrons. The third kappa shape index (κ3) is 3.69. The van der Waals surface area contributed by atoms with E-state index in [2.05, 4.69) is 0 Å². The second kappa shape index (κ2) is 6.89. The molecule has 0 bridgehead atoms. The Labute approximate surface area is 114 Å². The van der Waals surface area contributed by atoms with Crippen molar-refractivity contribution in [1.82, 2.24) is 9.80 Å². The van der Waals surface area contributed by atoms with Gasteiger partial charge in [0.15, 0.2) is 0 Å². The van der Waals surface area contributed by atoms with E-state index in [9.17, 15) is 9.59 Å². The van der Waals surface area contributed by atoms with Crippen molar-refractivity contribution in [1.29, 1.82) is 0 Å². The van der Waals surface area contributed by atoms with Crippen molar-refractivity contribution < 1.29 is 14.3 Å². The lowest BCUT2D eigenvalue weighted by atomic mass is 10.0. The molecule has 0 aromatic carbocycles. The maximum atomic E-state index is 12.2. The summed E-state index contributed by atoms with van der Waals surface area (Å²) in [5.41, 5.74) is 0. The molecular weight excluding hydrogens is 244 g/mol. The number of rotatable bonds is 4. The maximum Gasteiger partial charge on any atom is 0.323 e. The van der Waals surface area contributed by atoms with Gasteiger partial charge in [0.05, 0.1) is 13.2 Å². The van der Waals surface area contributed by atoms with Crippen LogP contribution in [0.1, 0.15) is 39.0 Å². The number of ether oxygens (including phenoxy) is 1. The summed E-state index contributed by atoms with van der Waals surface area (Å²) in [5.74, 6) is -0.00915. The first-order chi connectivity index (χ1) is 9.22. The molecule has 0 N–H and O–H groups in total. The van der Waals surface area contributed by atoms with Crippen LogP contribution in [0, 0.1) is 0 Å². The Morgan fingerprint density at radius 3 is 2.47 bits per heavy atom. The van der Waals surface area contributed by atoms with Gasteiger partial charge in [0.2, 0.25) is 5.91 Å². The van der Waals surface area contributed by atoms with E-state index in [1.54, 1.807) is 0 Å². The van der Waals surface area contributed by atoms with Crippen LogP contribution in [0.3, 0.4) is 0 Å². The summed E-state index contributed by atoms with van der Waals surface area (Å²) in [5, 5.41) is 0. The monoisotopic (exact) mass is 268 g/mol. The molecule has 2 aliphatic rings. The SMILES string of the molecule is CCOC(=O)C1CCCCN1CC(=O)N1CCCC1. The van der Waals surface area contributed by atoms with Crippen LogP contribution in [-0.4, -0.2) is 60.5 Å². The van der Waals surface area contributed by atoms with Crippen LogP contribution in [0.15, 0.2) is 0 Å². The molecular formula is C14H24N2O3. The summed E-state index contributed by atoms with van der Waals surface area (Å²) in [6.45, 7) is 5.16. The minimum atomic E-state index is -0.222. The molecule has 0 aromatic rings. The highest BCUT2D eigenvalue weighted by Crippen LogP contribution is 2.19. The highest BCUT2D eigenvalue weighted by molar-refractivity contribution is 5.81. The van der Waals surface area contributed by atoms with E-state index in [4.69, 9.17) is 4.74 Å². The molecule has 0 spiro atoms. The summed E-state index contributed by atoms with van der Waals surface area (Å²) in [6, 6.07) is -0.222. The van der Waals surface area contributed by atoms with Crippen molar-refractivity contribution in [2.24, 2.45) is 0 Å². The van der Waals surface area contributed by atoms with Gasteiger partial charge in [-0.05, 0) is 39.2 Å². The summed E-state index contributed by atoms with van der Waals surface area (Å²) in [7, 11) is 0. The van der Waals surface area contributed by atoms with Gasteiger partial charge in [0, 0.05) is 13.1 Å². The van der Waals surface area contributed by atoms with E-state index >= 15 is 0 Å². The molecule has 0 radical (unpaired) electrons. The van der Waals surface area contributed by atoms with Crippen LogP contribution in [0.4, 0.5) is 0 Å². The van der Waals surface area contributed by atoms with Gasteiger partial charge in [-0.3, -0.25) is 14.5 Å². The van der Waals surface area contributed by atoms with Gasteiger partial charge in [-0.1, -0.05) is 6.42 Å². The zero-order valence-electron chi connectivity index (χ0n) is 11.8. The Morgan fingerprint density at radius 1 is 1.11 bits per heavy atom. The molecule has 1 unspecified atom stereocenters. The molecule has 1 amide bonds.